The van der Waals surface area contributed by atoms with E-state index in [1.165, 1.54) is 0 Å². The Balaban J connectivity index is 3.09. The maximum atomic E-state index is 6.08. The van der Waals surface area contributed by atoms with E-state index in [9.17, 15) is 0 Å². The SMILES string of the molecule is C[Si](C)(C)/N=C(\O[Si](C)(C)C)c1cccnc1. The Bertz CT molecular complexity index is 391. The number of nitrogens with zero attached hydrogens (tertiary/aromatic N) is 2. The van der Waals surface area contributed by atoms with Gasteiger partial charge in [-0.1, -0.05) is 0 Å². The van der Waals surface area contributed by atoms with Crippen molar-refractivity contribution in [2.45, 2.75) is 39.3 Å². The summed E-state index contributed by atoms with van der Waals surface area (Å²) in [5.74, 6) is 0.774. The van der Waals surface area contributed by atoms with E-state index in [0.717, 1.165) is 11.5 Å². The van der Waals surface area contributed by atoms with Gasteiger partial charge in [-0.2, -0.15) is 0 Å². The number of hydrogen-bond donors (Lipinski definition) is 0. The molecule has 1 heterocycles. The van der Waals surface area contributed by atoms with Crippen molar-refractivity contribution in [3.8, 4) is 0 Å². The van der Waals surface area contributed by atoms with Gasteiger partial charge < -0.3 is 4.43 Å². The van der Waals surface area contributed by atoms with E-state index in [4.69, 9.17) is 9.08 Å². The Hall–Kier alpha value is -0.946. The van der Waals surface area contributed by atoms with Crippen molar-refractivity contribution in [3.63, 3.8) is 0 Å². The maximum absolute atomic E-state index is 6.08. The van der Waals surface area contributed by atoms with E-state index in [1.54, 1.807) is 6.20 Å². The zero-order valence-electron chi connectivity index (χ0n) is 11.6. The minimum absolute atomic E-state index is 0.774. The van der Waals surface area contributed by atoms with Gasteiger partial charge in [0.15, 0.2) is 14.1 Å². The molecule has 17 heavy (non-hydrogen) atoms. The van der Waals surface area contributed by atoms with Crippen LogP contribution in [-0.4, -0.2) is 27.4 Å². The van der Waals surface area contributed by atoms with E-state index in [0.29, 0.717) is 0 Å². The molecular weight excluding hydrogens is 244 g/mol. The summed E-state index contributed by atoms with van der Waals surface area (Å²) in [6.07, 6.45) is 3.59. The molecule has 0 N–H and O–H groups in total. The molecule has 94 valence electrons. The highest BCUT2D eigenvalue weighted by Gasteiger charge is 2.22. The lowest BCUT2D eigenvalue weighted by molar-refractivity contribution is 0.554. The van der Waals surface area contributed by atoms with Crippen LogP contribution in [0.15, 0.2) is 29.2 Å². The topological polar surface area (TPSA) is 34.5 Å². The lowest BCUT2D eigenvalue weighted by atomic mass is 10.3. The molecule has 1 aromatic rings. The lowest BCUT2D eigenvalue weighted by Gasteiger charge is -2.23. The van der Waals surface area contributed by atoms with Gasteiger partial charge in [-0.3, -0.25) is 9.64 Å². The highest BCUT2D eigenvalue weighted by atomic mass is 28.4. The predicted octanol–water partition coefficient (Wildman–Crippen LogP) is 3.51. The molecule has 0 amide bonds. The molecule has 0 spiro atoms. The molecule has 1 rings (SSSR count). The van der Waals surface area contributed by atoms with E-state index in [2.05, 4.69) is 44.3 Å². The van der Waals surface area contributed by atoms with Gasteiger partial charge in [0, 0.05) is 12.4 Å². The molecule has 0 aromatic carbocycles. The van der Waals surface area contributed by atoms with Crippen molar-refractivity contribution in [2.75, 3.05) is 0 Å². The third-order valence-corrected chi connectivity index (χ3v) is 3.43. The monoisotopic (exact) mass is 266 g/mol. The van der Waals surface area contributed by atoms with Crippen molar-refractivity contribution >= 4 is 22.5 Å². The summed E-state index contributed by atoms with van der Waals surface area (Å²) in [5, 5.41) is 0. The van der Waals surface area contributed by atoms with Crippen LogP contribution in [0.4, 0.5) is 0 Å². The molecule has 0 bridgehead atoms. The molecule has 0 radical (unpaired) electrons. The largest absolute Gasteiger partial charge is 0.532 e. The van der Waals surface area contributed by atoms with Crippen molar-refractivity contribution in [1.29, 1.82) is 0 Å². The minimum atomic E-state index is -1.64. The normalized spacial score (nSPS) is 13.6. The molecule has 0 aliphatic carbocycles. The van der Waals surface area contributed by atoms with Gasteiger partial charge in [-0.15, -0.1) is 0 Å². The number of aromatic nitrogens is 1. The van der Waals surface area contributed by atoms with E-state index in [1.807, 2.05) is 18.3 Å². The molecule has 3 nitrogen and oxygen atoms in total. The summed E-state index contributed by atoms with van der Waals surface area (Å²) in [7, 11) is -3.18. The molecule has 5 heteroatoms. The van der Waals surface area contributed by atoms with E-state index in [-0.39, 0.29) is 0 Å². The van der Waals surface area contributed by atoms with Gasteiger partial charge in [-0.25, -0.2) is 0 Å². The lowest BCUT2D eigenvalue weighted by Crippen LogP contribution is -2.32. The molecule has 0 aliphatic rings. The van der Waals surface area contributed by atoms with Crippen LogP contribution >= 0.6 is 0 Å². The molecular formula is C12H22N2OSi2. The Kier molecular flexibility index (Phi) is 4.27. The van der Waals surface area contributed by atoms with Crippen LogP contribution in [0.25, 0.3) is 0 Å². The quantitative estimate of drug-likeness (QED) is 0.476. The minimum Gasteiger partial charge on any atom is -0.532 e. The molecule has 0 aliphatic heterocycles. The number of pyridine rings is 1. The first-order chi connectivity index (χ1) is 7.67. The maximum Gasteiger partial charge on any atom is 0.244 e. The zero-order chi connectivity index (χ0) is 13.1. The summed E-state index contributed by atoms with van der Waals surface area (Å²) < 4.78 is 10.9. The standard InChI is InChI=1S/C12H22N2OSi2/c1-16(2,3)14-12(15-17(4,5)6)11-8-7-9-13-10-11/h7-10H,1-6H3/b14-12-. The fraction of sp³-hybridized carbons (Fsp3) is 0.500. The Labute approximate surface area is 106 Å². The van der Waals surface area contributed by atoms with E-state index < -0.39 is 16.6 Å². The van der Waals surface area contributed by atoms with Gasteiger partial charge in [-0.05, 0) is 51.4 Å². The van der Waals surface area contributed by atoms with Crippen LogP contribution in [0.3, 0.4) is 0 Å². The molecule has 0 saturated heterocycles. The highest BCUT2D eigenvalue weighted by molar-refractivity contribution is 6.76. The summed E-state index contributed by atoms with van der Waals surface area (Å²) in [5.41, 5.74) is 0.984. The van der Waals surface area contributed by atoms with Gasteiger partial charge in [0.2, 0.25) is 8.32 Å². The Morgan fingerprint density at radius 2 is 1.82 bits per heavy atom. The van der Waals surface area contributed by atoms with Crippen molar-refractivity contribution in [1.82, 2.24) is 4.98 Å². The van der Waals surface area contributed by atoms with Crippen LogP contribution in [-0.2, 0) is 4.43 Å². The fourth-order valence-electron chi connectivity index (χ4n) is 1.23. The van der Waals surface area contributed by atoms with Crippen LogP contribution < -0.4 is 0 Å². The first-order valence-corrected chi connectivity index (χ1v) is 12.7. The average Bonchev–Trinajstić information content (AvgIpc) is 2.14. The second-order valence-corrected chi connectivity index (χ2v) is 15.0. The van der Waals surface area contributed by atoms with Gasteiger partial charge in [0.05, 0.1) is 5.56 Å². The zero-order valence-corrected chi connectivity index (χ0v) is 13.6. The second-order valence-electron chi connectivity index (χ2n) is 6.04. The Morgan fingerprint density at radius 1 is 1.18 bits per heavy atom. The molecule has 0 saturated carbocycles. The predicted molar refractivity (Wildman–Crippen MR) is 78.6 cm³/mol. The molecule has 1 aromatic heterocycles. The molecule has 0 fully saturated rings. The van der Waals surface area contributed by atoms with Crippen LogP contribution in [0.5, 0.6) is 0 Å². The summed E-state index contributed by atoms with van der Waals surface area (Å²) in [4.78, 5) is 4.14. The number of rotatable bonds is 3. The Morgan fingerprint density at radius 3 is 2.24 bits per heavy atom. The van der Waals surface area contributed by atoms with Crippen LogP contribution in [0, 0.1) is 0 Å². The number of hydrogen-bond acceptors (Lipinski definition) is 3. The summed E-state index contributed by atoms with van der Waals surface area (Å²) >= 11 is 0. The third kappa shape index (κ3) is 5.79. The summed E-state index contributed by atoms with van der Waals surface area (Å²) in [6, 6.07) is 3.93. The van der Waals surface area contributed by atoms with Crippen LogP contribution in [0.1, 0.15) is 5.56 Å². The second kappa shape index (κ2) is 5.14. The first kappa shape index (κ1) is 14.1. The highest BCUT2D eigenvalue weighted by Crippen LogP contribution is 2.13. The van der Waals surface area contributed by atoms with Gasteiger partial charge in [0.1, 0.15) is 0 Å². The average molecular weight is 266 g/mol. The van der Waals surface area contributed by atoms with Gasteiger partial charge in [0.25, 0.3) is 0 Å². The molecule has 0 unspecified atom stereocenters. The molecule has 0 atom stereocenters. The fourth-order valence-corrected chi connectivity index (χ4v) is 2.85. The third-order valence-electron chi connectivity index (χ3n) is 1.75. The first-order valence-electron chi connectivity index (χ1n) is 5.87. The smallest absolute Gasteiger partial charge is 0.244 e. The van der Waals surface area contributed by atoms with Crippen LogP contribution in [0.2, 0.25) is 39.3 Å². The van der Waals surface area contributed by atoms with Crippen molar-refractivity contribution < 1.29 is 4.43 Å². The van der Waals surface area contributed by atoms with E-state index >= 15 is 0 Å². The summed E-state index contributed by atoms with van der Waals surface area (Å²) in [6.45, 7) is 13.1. The van der Waals surface area contributed by atoms with Gasteiger partial charge >= 0.3 is 0 Å². The van der Waals surface area contributed by atoms with Crippen molar-refractivity contribution in [3.05, 3.63) is 30.1 Å². The van der Waals surface area contributed by atoms with Crippen molar-refractivity contribution in [2.24, 2.45) is 4.66 Å².